The summed E-state index contributed by atoms with van der Waals surface area (Å²) in [4.78, 5) is 3.98. The minimum Gasteiger partial charge on any atom is -0.392 e. The van der Waals surface area contributed by atoms with Crippen molar-refractivity contribution in [3.05, 3.63) is 40.9 Å². The third-order valence-electron chi connectivity index (χ3n) is 2.46. The Balaban J connectivity index is 2.35. The number of aliphatic hydroxyl groups excluding tert-OH is 1. The fourth-order valence-corrected chi connectivity index (χ4v) is 3.27. The van der Waals surface area contributed by atoms with E-state index in [0.717, 1.165) is 5.56 Å². The van der Waals surface area contributed by atoms with Crippen LogP contribution in [-0.2, 0) is 16.6 Å². The van der Waals surface area contributed by atoms with Crippen LogP contribution >= 0.6 is 11.3 Å². The smallest absolute Gasteiger partial charge is 0.263 e. The summed E-state index contributed by atoms with van der Waals surface area (Å²) >= 11 is 1.21. The van der Waals surface area contributed by atoms with Gasteiger partial charge in [0, 0.05) is 11.6 Å². The average molecular weight is 284 g/mol. The van der Waals surface area contributed by atoms with Crippen LogP contribution in [0.25, 0.3) is 0 Å². The van der Waals surface area contributed by atoms with E-state index in [1.807, 2.05) is 6.92 Å². The van der Waals surface area contributed by atoms with Crippen LogP contribution in [0.2, 0.25) is 0 Å². The van der Waals surface area contributed by atoms with Gasteiger partial charge < -0.3 is 5.11 Å². The van der Waals surface area contributed by atoms with Gasteiger partial charge in [-0.1, -0.05) is 6.07 Å². The normalized spacial score (nSPS) is 11.4. The Morgan fingerprint density at radius 1 is 1.44 bits per heavy atom. The first-order valence-corrected chi connectivity index (χ1v) is 7.52. The highest BCUT2D eigenvalue weighted by Crippen LogP contribution is 2.20. The molecule has 1 aromatic carbocycles. The summed E-state index contributed by atoms with van der Waals surface area (Å²) in [5.74, 6) is 0. The summed E-state index contributed by atoms with van der Waals surface area (Å²) < 4.78 is 26.5. The second-order valence-corrected chi connectivity index (χ2v) is 6.27. The van der Waals surface area contributed by atoms with Crippen LogP contribution in [0.1, 0.15) is 11.1 Å². The minimum absolute atomic E-state index is 0.118. The van der Waals surface area contributed by atoms with Gasteiger partial charge in [-0.15, -0.1) is 11.3 Å². The van der Waals surface area contributed by atoms with E-state index in [1.165, 1.54) is 29.7 Å². The molecule has 0 amide bonds. The zero-order valence-corrected chi connectivity index (χ0v) is 11.3. The quantitative estimate of drug-likeness (QED) is 0.896. The fourth-order valence-electron chi connectivity index (χ4n) is 1.43. The molecule has 2 aromatic rings. The van der Waals surface area contributed by atoms with Crippen molar-refractivity contribution < 1.29 is 13.5 Å². The molecule has 0 spiro atoms. The van der Waals surface area contributed by atoms with E-state index in [9.17, 15) is 8.42 Å². The maximum atomic E-state index is 12.1. The molecule has 0 atom stereocenters. The first kappa shape index (κ1) is 13.0. The summed E-state index contributed by atoms with van der Waals surface area (Å²) in [6.07, 6.45) is 1.52. The van der Waals surface area contributed by atoms with Crippen LogP contribution in [0, 0.1) is 6.92 Å². The van der Waals surface area contributed by atoms with Crippen LogP contribution in [0.5, 0.6) is 0 Å². The zero-order valence-electron chi connectivity index (χ0n) is 9.62. The number of sulfonamides is 1. The molecule has 0 fully saturated rings. The number of thiazole rings is 1. The molecule has 0 aliphatic rings. The summed E-state index contributed by atoms with van der Waals surface area (Å²) in [5.41, 5.74) is 1.45. The Kier molecular flexibility index (Phi) is 3.65. The minimum atomic E-state index is -3.65. The van der Waals surface area contributed by atoms with Crippen molar-refractivity contribution in [1.82, 2.24) is 4.98 Å². The molecule has 2 rings (SSSR count). The first-order chi connectivity index (χ1) is 8.53. The molecule has 7 heteroatoms. The van der Waals surface area contributed by atoms with Gasteiger partial charge in [0.1, 0.15) is 0 Å². The van der Waals surface area contributed by atoms with Gasteiger partial charge in [-0.3, -0.25) is 4.72 Å². The maximum absolute atomic E-state index is 12.1. The summed E-state index contributed by atoms with van der Waals surface area (Å²) in [7, 11) is -3.65. The molecule has 5 nitrogen and oxygen atoms in total. The van der Waals surface area contributed by atoms with Crippen molar-refractivity contribution in [3.63, 3.8) is 0 Å². The number of nitrogens with zero attached hydrogens (tertiary/aromatic N) is 1. The monoisotopic (exact) mass is 284 g/mol. The molecule has 0 unspecified atom stereocenters. The van der Waals surface area contributed by atoms with Crippen LogP contribution in [0.4, 0.5) is 5.13 Å². The Morgan fingerprint density at radius 3 is 2.83 bits per heavy atom. The first-order valence-electron chi connectivity index (χ1n) is 5.15. The van der Waals surface area contributed by atoms with Gasteiger partial charge in [-0.25, -0.2) is 13.4 Å². The second kappa shape index (κ2) is 5.05. The highest BCUT2D eigenvalue weighted by Gasteiger charge is 2.16. The lowest BCUT2D eigenvalue weighted by atomic mass is 10.1. The predicted octanol–water partition coefficient (Wildman–Crippen LogP) is 1.74. The molecule has 0 radical (unpaired) electrons. The van der Waals surface area contributed by atoms with E-state index < -0.39 is 10.0 Å². The zero-order chi connectivity index (χ0) is 13.2. The molecule has 18 heavy (non-hydrogen) atoms. The van der Waals surface area contributed by atoms with Gasteiger partial charge in [-0.2, -0.15) is 0 Å². The van der Waals surface area contributed by atoms with E-state index >= 15 is 0 Å². The highest BCUT2D eigenvalue weighted by atomic mass is 32.2. The van der Waals surface area contributed by atoms with E-state index in [1.54, 1.807) is 11.4 Å². The summed E-state index contributed by atoms with van der Waals surface area (Å²) in [6.45, 7) is 1.63. The molecule has 0 aliphatic heterocycles. The Bertz CT molecular complexity index is 636. The van der Waals surface area contributed by atoms with Crippen molar-refractivity contribution in [2.75, 3.05) is 4.72 Å². The number of anilines is 1. The van der Waals surface area contributed by atoms with Crippen molar-refractivity contribution >= 4 is 26.5 Å². The van der Waals surface area contributed by atoms with E-state index in [2.05, 4.69) is 9.71 Å². The van der Waals surface area contributed by atoms with E-state index in [4.69, 9.17) is 5.11 Å². The number of nitrogens with one attached hydrogen (secondary N) is 1. The molecule has 2 N–H and O–H groups in total. The molecule has 96 valence electrons. The lowest BCUT2D eigenvalue weighted by Crippen LogP contribution is -2.13. The van der Waals surface area contributed by atoms with Crippen LogP contribution in [0.15, 0.2) is 34.7 Å². The van der Waals surface area contributed by atoms with Gasteiger partial charge >= 0.3 is 0 Å². The Hall–Kier alpha value is -1.44. The van der Waals surface area contributed by atoms with Crippen molar-refractivity contribution in [2.24, 2.45) is 0 Å². The fraction of sp³-hybridized carbons (Fsp3) is 0.182. The lowest BCUT2D eigenvalue weighted by molar-refractivity contribution is 0.281. The molecule has 0 saturated heterocycles. The average Bonchev–Trinajstić information content (AvgIpc) is 2.81. The molecule has 1 heterocycles. The number of rotatable bonds is 4. The molecule has 0 saturated carbocycles. The molecular formula is C11H12N2O3S2. The molecular weight excluding hydrogens is 272 g/mol. The summed E-state index contributed by atoms with van der Waals surface area (Å²) in [6, 6.07) is 4.64. The van der Waals surface area contributed by atoms with E-state index in [0.29, 0.717) is 10.7 Å². The number of hydrogen-bond acceptors (Lipinski definition) is 5. The van der Waals surface area contributed by atoms with Crippen LogP contribution in [0.3, 0.4) is 0 Å². The van der Waals surface area contributed by atoms with E-state index in [-0.39, 0.29) is 11.5 Å². The number of hydrogen-bond donors (Lipinski definition) is 2. The van der Waals surface area contributed by atoms with Crippen molar-refractivity contribution in [2.45, 2.75) is 18.4 Å². The number of benzene rings is 1. The van der Waals surface area contributed by atoms with Gasteiger partial charge in [0.05, 0.1) is 11.5 Å². The van der Waals surface area contributed by atoms with Crippen molar-refractivity contribution in [3.8, 4) is 0 Å². The second-order valence-electron chi connectivity index (χ2n) is 3.69. The number of aryl methyl sites for hydroxylation is 1. The molecule has 1 aromatic heterocycles. The van der Waals surface area contributed by atoms with Gasteiger partial charge in [0.15, 0.2) is 5.13 Å². The molecule has 0 bridgehead atoms. The lowest BCUT2D eigenvalue weighted by Gasteiger charge is -2.08. The Labute approximate surface area is 109 Å². The topological polar surface area (TPSA) is 79.3 Å². The van der Waals surface area contributed by atoms with Gasteiger partial charge in [0.25, 0.3) is 10.0 Å². The van der Waals surface area contributed by atoms with Crippen LogP contribution in [-0.4, -0.2) is 18.5 Å². The molecule has 0 aliphatic carbocycles. The van der Waals surface area contributed by atoms with Gasteiger partial charge in [0.2, 0.25) is 0 Å². The Morgan fingerprint density at radius 2 is 2.22 bits per heavy atom. The largest absolute Gasteiger partial charge is 0.392 e. The van der Waals surface area contributed by atoms with Gasteiger partial charge in [-0.05, 0) is 30.2 Å². The van der Waals surface area contributed by atoms with Crippen molar-refractivity contribution in [1.29, 1.82) is 0 Å². The highest BCUT2D eigenvalue weighted by molar-refractivity contribution is 7.93. The third-order valence-corrected chi connectivity index (χ3v) is 4.61. The summed E-state index contributed by atoms with van der Waals surface area (Å²) in [5, 5.41) is 11.1. The standard InChI is InChI=1S/C11H12N2O3S2/c1-8-2-3-10(6-9(8)7-14)18(15,16)13-11-12-4-5-17-11/h2-6,14H,7H2,1H3,(H,12,13). The third kappa shape index (κ3) is 2.69. The van der Waals surface area contributed by atoms with Crippen LogP contribution < -0.4 is 4.72 Å². The number of aromatic nitrogens is 1. The number of aliphatic hydroxyl groups is 1. The maximum Gasteiger partial charge on any atom is 0.263 e. The predicted molar refractivity (Wildman–Crippen MR) is 70.0 cm³/mol. The SMILES string of the molecule is Cc1ccc(S(=O)(=O)Nc2nccs2)cc1CO.